The number of rotatable bonds is 3. The number of benzene rings is 1. The molecular formula is C14H17NO3S. The molecule has 1 fully saturated rings. The molecule has 1 saturated heterocycles. The predicted octanol–water partition coefficient (Wildman–Crippen LogP) is 3.27. The Labute approximate surface area is 117 Å². The fourth-order valence-corrected chi connectivity index (χ4v) is 2.77. The predicted molar refractivity (Wildman–Crippen MR) is 75.5 cm³/mol. The maximum atomic E-state index is 9.23. The lowest BCUT2D eigenvalue weighted by Gasteiger charge is -2.17. The van der Waals surface area contributed by atoms with Crippen LogP contribution < -0.4 is 0 Å². The summed E-state index contributed by atoms with van der Waals surface area (Å²) in [6, 6.07) is 9.68. The molecule has 0 unspecified atom stereocenters. The van der Waals surface area contributed by atoms with E-state index < -0.39 is 11.9 Å². The number of ether oxygens (including phenoxy) is 2. The fourth-order valence-electron chi connectivity index (χ4n) is 1.90. The number of oxime groups is 1. The van der Waals surface area contributed by atoms with Gasteiger partial charge in [-0.15, -0.1) is 6.58 Å². The van der Waals surface area contributed by atoms with Crippen LogP contribution in [0.4, 0.5) is 0 Å². The molecule has 1 N–H and O–H groups in total. The lowest BCUT2D eigenvalue weighted by atomic mass is 10.2. The minimum atomic E-state index is -0.712. The van der Waals surface area contributed by atoms with E-state index in [1.165, 1.54) is 11.8 Å². The van der Waals surface area contributed by atoms with Gasteiger partial charge in [0.05, 0.1) is 0 Å². The van der Waals surface area contributed by atoms with Gasteiger partial charge in [-0.2, -0.15) is 0 Å². The van der Waals surface area contributed by atoms with Crippen LogP contribution in [0.3, 0.4) is 0 Å². The van der Waals surface area contributed by atoms with E-state index in [-0.39, 0.29) is 6.10 Å². The SMILES string of the molecule is C=C[C@H]1OC(C)(C)O[C@H]1/C(=N/O)Sc1ccccc1. The maximum absolute atomic E-state index is 9.23. The third-order valence-electron chi connectivity index (χ3n) is 2.67. The van der Waals surface area contributed by atoms with E-state index in [0.29, 0.717) is 5.04 Å². The molecule has 4 nitrogen and oxygen atoms in total. The molecule has 1 aliphatic heterocycles. The summed E-state index contributed by atoms with van der Waals surface area (Å²) in [7, 11) is 0. The largest absolute Gasteiger partial charge is 0.410 e. The van der Waals surface area contributed by atoms with E-state index in [4.69, 9.17) is 9.47 Å². The first-order chi connectivity index (χ1) is 9.05. The van der Waals surface area contributed by atoms with Crippen molar-refractivity contribution in [2.75, 3.05) is 0 Å². The summed E-state index contributed by atoms with van der Waals surface area (Å²) in [6.07, 6.45) is 0.899. The molecule has 0 bridgehead atoms. The van der Waals surface area contributed by atoms with Crippen LogP contribution in [0.5, 0.6) is 0 Å². The molecule has 0 amide bonds. The van der Waals surface area contributed by atoms with Crippen molar-refractivity contribution in [1.82, 2.24) is 0 Å². The van der Waals surface area contributed by atoms with Crippen LogP contribution in [0.15, 0.2) is 53.0 Å². The smallest absolute Gasteiger partial charge is 0.164 e. The van der Waals surface area contributed by atoms with Crippen LogP contribution in [-0.4, -0.2) is 28.2 Å². The molecule has 2 rings (SSSR count). The van der Waals surface area contributed by atoms with Crippen LogP contribution in [0.2, 0.25) is 0 Å². The van der Waals surface area contributed by atoms with E-state index >= 15 is 0 Å². The first-order valence-corrected chi connectivity index (χ1v) is 6.80. The molecule has 0 saturated carbocycles. The highest BCUT2D eigenvalue weighted by molar-refractivity contribution is 8.14. The van der Waals surface area contributed by atoms with Gasteiger partial charge in [0, 0.05) is 4.90 Å². The van der Waals surface area contributed by atoms with Gasteiger partial charge < -0.3 is 14.7 Å². The molecule has 1 aromatic rings. The molecule has 5 heteroatoms. The zero-order valence-corrected chi connectivity index (χ0v) is 11.8. The maximum Gasteiger partial charge on any atom is 0.164 e. The molecule has 19 heavy (non-hydrogen) atoms. The zero-order chi connectivity index (χ0) is 13.9. The van der Waals surface area contributed by atoms with Gasteiger partial charge in [-0.3, -0.25) is 0 Å². The monoisotopic (exact) mass is 279 g/mol. The molecule has 102 valence electrons. The molecule has 0 spiro atoms. The molecule has 0 aromatic heterocycles. The third kappa shape index (κ3) is 3.37. The Kier molecular flexibility index (Phi) is 4.29. The molecule has 0 radical (unpaired) electrons. The average Bonchev–Trinajstić information content (AvgIpc) is 2.72. The number of nitrogens with zero attached hydrogens (tertiary/aromatic N) is 1. The highest BCUT2D eigenvalue weighted by Crippen LogP contribution is 2.34. The first-order valence-electron chi connectivity index (χ1n) is 5.99. The standard InChI is InChI=1S/C14H17NO3S/c1-4-11-12(18-14(2,3)17-11)13(15-16)19-10-8-6-5-7-9-10/h4-9,11-12,16H,1H2,2-3H3/b15-13-/t11-,12-/m1/s1. The number of hydrogen-bond acceptors (Lipinski definition) is 5. The second-order valence-electron chi connectivity index (χ2n) is 4.61. The van der Waals surface area contributed by atoms with Crippen LogP contribution in [0.1, 0.15) is 13.8 Å². The second kappa shape index (κ2) is 5.77. The van der Waals surface area contributed by atoms with Crippen molar-refractivity contribution in [2.45, 2.75) is 36.7 Å². The molecule has 1 aliphatic rings. The summed E-state index contributed by atoms with van der Waals surface area (Å²) >= 11 is 1.35. The van der Waals surface area contributed by atoms with Gasteiger partial charge >= 0.3 is 0 Å². The summed E-state index contributed by atoms with van der Waals surface area (Å²) in [5, 5.41) is 13.0. The Morgan fingerprint density at radius 3 is 2.63 bits per heavy atom. The lowest BCUT2D eigenvalue weighted by molar-refractivity contribution is -0.137. The highest BCUT2D eigenvalue weighted by Gasteiger charge is 2.43. The van der Waals surface area contributed by atoms with Gasteiger partial charge in [-0.05, 0) is 26.0 Å². The third-order valence-corrected chi connectivity index (χ3v) is 3.70. The summed E-state index contributed by atoms with van der Waals surface area (Å²) in [6.45, 7) is 7.38. The van der Waals surface area contributed by atoms with E-state index in [1.54, 1.807) is 6.08 Å². The van der Waals surface area contributed by atoms with E-state index in [0.717, 1.165) is 4.90 Å². The van der Waals surface area contributed by atoms with Crippen molar-refractivity contribution in [3.63, 3.8) is 0 Å². The number of thioether (sulfide) groups is 1. The Morgan fingerprint density at radius 1 is 1.37 bits per heavy atom. The summed E-state index contributed by atoms with van der Waals surface area (Å²) in [4.78, 5) is 0.978. The Bertz CT molecular complexity index is 473. The summed E-state index contributed by atoms with van der Waals surface area (Å²) in [5.41, 5.74) is 0. The molecule has 2 atom stereocenters. The van der Waals surface area contributed by atoms with Crippen LogP contribution in [0, 0.1) is 0 Å². The van der Waals surface area contributed by atoms with Gasteiger partial charge in [0.2, 0.25) is 0 Å². The topological polar surface area (TPSA) is 51.0 Å². The number of hydrogen-bond donors (Lipinski definition) is 1. The lowest BCUT2D eigenvalue weighted by Crippen LogP contribution is -2.28. The molecule has 1 heterocycles. The van der Waals surface area contributed by atoms with Gasteiger partial charge in [0.1, 0.15) is 17.3 Å². The van der Waals surface area contributed by atoms with Crippen molar-refractivity contribution in [3.05, 3.63) is 43.0 Å². The zero-order valence-electron chi connectivity index (χ0n) is 10.9. The Balaban J connectivity index is 2.16. The van der Waals surface area contributed by atoms with Gasteiger partial charge in [-0.1, -0.05) is 41.2 Å². The van der Waals surface area contributed by atoms with E-state index in [1.807, 2.05) is 44.2 Å². The second-order valence-corrected chi connectivity index (χ2v) is 5.70. The van der Waals surface area contributed by atoms with Gasteiger partial charge in [0.15, 0.2) is 5.79 Å². The quantitative estimate of drug-likeness (QED) is 0.230. The van der Waals surface area contributed by atoms with E-state index in [2.05, 4.69) is 11.7 Å². The first kappa shape index (κ1) is 14.1. The van der Waals surface area contributed by atoms with Crippen molar-refractivity contribution in [3.8, 4) is 0 Å². The molecule has 0 aliphatic carbocycles. The van der Waals surface area contributed by atoms with E-state index in [9.17, 15) is 5.21 Å². The average molecular weight is 279 g/mol. The minimum absolute atomic E-state index is 0.322. The van der Waals surface area contributed by atoms with Crippen molar-refractivity contribution >= 4 is 16.8 Å². The van der Waals surface area contributed by atoms with Crippen LogP contribution >= 0.6 is 11.8 Å². The van der Waals surface area contributed by atoms with Gasteiger partial charge in [-0.25, -0.2) is 0 Å². The summed E-state index contributed by atoms with van der Waals surface area (Å²) < 4.78 is 11.5. The highest BCUT2D eigenvalue weighted by atomic mass is 32.2. The fraction of sp³-hybridized carbons (Fsp3) is 0.357. The van der Waals surface area contributed by atoms with Gasteiger partial charge in [0.25, 0.3) is 0 Å². The minimum Gasteiger partial charge on any atom is -0.410 e. The van der Waals surface area contributed by atoms with Crippen LogP contribution in [-0.2, 0) is 9.47 Å². The van der Waals surface area contributed by atoms with Crippen molar-refractivity contribution in [1.29, 1.82) is 0 Å². The molecule has 1 aromatic carbocycles. The molecular weight excluding hydrogens is 262 g/mol. The van der Waals surface area contributed by atoms with Crippen molar-refractivity contribution < 1.29 is 14.7 Å². The normalized spacial score (nSPS) is 26.3. The Hall–Kier alpha value is -1.30. The van der Waals surface area contributed by atoms with Crippen molar-refractivity contribution in [2.24, 2.45) is 5.16 Å². The Morgan fingerprint density at radius 2 is 2.05 bits per heavy atom. The summed E-state index contributed by atoms with van der Waals surface area (Å²) in [5.74, 6) is -0.712. The van der Waals surface area contributed by atoms with Crippen LogP contribution in [0.25, 0.3) is 0 Å².